The molecule has 0 spiro atoms. The van der Waals surface area contributed by atoms with Gasteiger partial charge in [0.15, 0.2) is 0 Å². The molecule has 0 atom stereocenters. The number of rotatable bonds is 7. The number of halogens is 2. The molecule has 7 nitrogen and oxygen atoms in total. The molecule has 0 radical (unpaired) electrons. The minimum absolute atomic E-state index is 0.0356. The zero-order chi connectivity index (χ0) is 20.7. The molecule has 0 aromatic heterocycles. The van der Waals surface area contributed by atoms with Gasteiger partial charge in [0, 0.05) is 17.8 Å². The highest BCUT2D eigenvalue weighted by Crippen LogP contribution is 2.25. The van der Waals surface area contributed by atoms with Crippen molar-refractivity contribution in [2.24, 2.45) is 5.14 Å². The van der Waals surface area contributed by atoms with E-state index in [9.17, 15) is 13.2 Å². The van der Waals surface area contributed by atoms with Gasteiger partial charge < -0.3 is 10.6 Å². The van der Waals surface area contributed by atoms with Crippen molar-refractivity contribution in [3.8, 4) is 6.07 Å². The number of carbonyl (C=O) groups is 1. The first-order valence-electron chi connectivity index (χ1n) is 7.92. The van der Waals surface area contributed by atoms with Crippen molar-refractivity contribution in [2.75, 3.05) is 11.9 Å². The lowest BCUT2D eigenvalue weighted by molar-refractivity contribution is -0.112. The predicted molar refractivity (Wildman–Crippen MR) is 108 cm³/mol. The van der Waals surface area contributed by atoms with E-state index in [-0.39, 0.29) is 15.5 Å². The molecule has 2 rings (SSSR count). The minimum Gasteiger partial charge on any atom is -0.389 e. The van der Waals surface area contributed by atoms with Crippen LogP contribution in [0.4, 0.5) is 5.69 Å². The van der Waals surface area contributed by atoms with Crippen LogP contribution in [0.15, 0.2) is 59.1 Å². The van der Waals surface area contributed by atoms with Gasteiger partial charge in [0.05, 0.1) is 15.6 Å². The highest BCUT2D eigenvalue weighted by atomic mass is 35.5. The highest BCUT2D eigenvalue weighted by molar-refractivity contribution is 7.89. The third-order valence-electron chi connectivity index (χ3n) is 3.60. The van der Waals surface area contributed by atoms with E-state index < -0.39 is 15.9 Å². The normalized spacial score (nSPS) is 11.6. The van der Waals surface area contributed by atoms with Crippen LogP contribution >= 0.6 is 23.2 Å². The summed E-state index contributed by atoms with van der Waals surface area (Å²) in [5.74, 6) is -0.614. The Morgan fingerprint density at radius 3 is 2.43 bits per heavy atom. The number of hydrogen-bond acceptors (Lipinski definition) is 5. The van der Waals surface area contributed by atoms with Crippen LogP contribution in [0.25, 0.3) is 0 Å². The van der Waals surface area contributed by atoms with E-state index in [0.717, 1.165) is 5.56 Å². The van der Waals surface area contributed by atoms with E-state index in [1.165, 1.54) is 30.5 Å². The lowest BCUT2D eigenvalue weighted by Crippen LogP contribution is -2.18. The van der Waals surface area contributed by atoms with Gasteiger partial charge in [0.1, 0.15) is 11.6 Å². The topological polar surface area (TPSA) is 125 Å². The predicted octanol–water partition coefficient (Wildman–Crippen LogP) is 2.82. The Morgan fingerprint density at radius 2 is 1.86 bits per heavy atom. The number of amides is 1. The van der Waals surface area contributed by atoms with Gasteiger partial charge in [-0.25, -0.2) is 13.6 Å². The summed E-state index contributed by atoms with van der Waals surface area (Å²) in [6.45, 7) is 0.425. The summed E-state index contributed by atoms with van der Waals surface area (Å²) in [7, 11) is -3.72. The van der Waals surface area contributed by atoms with Crippen molar-refractivity contribution in [2.45, 2.75) is 11.3 Å². The molecule has 1 amide bonds. The standard InChI is InChI=1S/C18H16Cl2N4O3S/c19-14-3-6-17(16(20)9-14)24-18(25)13(10-21)11-23-8-7-12-1-4-15(5-2-12)28(22,26)27/h1-6,9,11,23H,7-8H2,(H,24,25)(H2,22,26,27)/b13-11-. The van der Waals surface area contributed by atoms with Crippen LogP contribution < -0.4 is 15.8 Å². The molecule has 0 saturated carbocycles. The Kier molecular flexibility index (Phi) is 7.43. The van der Waals surface area contributed by atoms with E-state index in [1.54, 1.807) is 18.2 Å². The van der Waals surface area contributed by atoms with Crippen molar-refractivity contribution in [3.05, 3.63) is 69.8 Å². The first kappa shape index (κ1) is 21.7. The van der Waals surface area contributed by atoms with Gasteiger partial charge >= 0.3 is 0 Å². The summed E-state index contributed by atoms with van der Waals surface area (Å²) in [6, 6.07) is 12.5. The van der Waals surface area contributed by atoms with Gasteiger partial charge in [0.2, 0.25) is 10.0 Å². The van der Waals surface area contributed by atoms with Crippen LogP contribution in [0.5, 0.6) is 0 Å². The summed E-state index contributed by atoms with van der Waals surface area (Å²) in [4.78, 5) is 12.2. The van der Waals surface area contributed by atoms with Gasteiger partial charge in [-0.1, -0.05) is 35.3 Å². The zero-order valence-electron chi connectivity index (χ0n) is 14.4. The van der Waals surface area contributed by atoms with Crippen molar-refractivity contribution >= 4 is 44.8 Å². The van der Waals surface area contributed by atoms with E-state index in [2.05, 4.69) is 10.6 Å². The smallest absolute Gasteiger partial charge is 0.267 e. The summed E-state index contributed by atoms with van der Waals surface area (Å²) in [5.41, 5.74) is 1.08. The second-order valence-corrected chi connectivity index (χ2v) is 8.05. The summed E-state index contributed by atoms with van der Waals surface area (Å²) in [6.07, 6.45) is 1.85. The maximum absolute atomic E-state index is 12.2. The lowest BCUT2D eigenvalue weighted by Gasteiger charge is -2.07. The number of sulfonamides is 1. The first-order chi connectivity index (χ1) is 13.2. The van der Waals surface area contributed by atoms with Gasteiger partial charge in [-0.05, 0) is 42.3 Å². The molecular formula is C18H16Cl2N4O3S. The molecule has 4 N–H and O–H groups in total. The Labute approximate surface area is 172 Å². The molecule has 0 fully saturated rings. The molecule has 0 aliphatic carbocycles. The Balaban J connectivity index is 1.92. The van der Waals surface area contributed by atoms with Crippen molar-refractivity contribution in [1.82, 2.24) is 5.32 Å². The summed E-state index contributed by atoms with van der Waals surface area (Å²) in [5, 5.41) is 20.3. The SMILES string of the molecule is N#C/C(=C/NCCc1ccc(S(N)(=O)=O)cc1)C(=O)Nc1ccc(Cl)cc1Cl. The van der Waals surface area contributed by atoms with Crippen LogP contribution in [0.3, 0.4) is 0 Å². The molecule has 28 heavy (non-hydrogen) atoms. The van der Waals surface area contributed by atoms with Crippen LogP contribution in [0.1, 0.15) is 5.56 Å². The summed E-state index contributed by atoms with van der Waals surface area (Å²) >= 11 is 11.8. The van der Waals surface area contributed by atoms with Gasteiger partial charge in [-0.3, -0.25) is 4.79 Å². The fourth-order valence-electron chi connectivity index (χ4n) is 2.17. The molecule has 0 unspecified atom stereocenters. The molecule has 0 aliphatic heterocycles. The number of anilines is 1. The average molecular weight is 439 g/mol. The largest absolute Gasteiger partial charge is 0.389 e. The Bertz CT molecular complexity index is 1050. The fourth-order valence-corrected chi connectivity index (χ4v) is 3.14. The number of hydrogen-bond donors (Lipinski definition) is 3. The zero-order valence-corrected chi connectivity index (χ0v) is 16.8. The van der Waals surface area contributed by atoms with Crippen LogP contribution in [0.2, 0.25) is 10.0 Å². The molecule has 10 heteroatoms. The lowest BCUT2D eigenvalue weighted by atomic mass is 10.1. The number of carbonyl (C=O) groups excluding carboxylic acids is 1. The maximum Gasteiger partial charge on any atom is 0.267 e. The quantitative estimate of drug-likeness (QED) is 0.348. The third-order valence-corrected chi connectivity index (χ3v) is 5.08. The summed E-state index contributed by atoms with van der Waals surface area (Å²) < 4.78 is 22.4. The van der Waals surface area contributed by atoms with Crippen LogP contribution in [-0.4, -0.2) is 20.9 Å². The van der Waals surface area contributed by atoms with Crippen LogP contribution in [0, 0.1) is 11.3 Å². The van der Waals surface area contributed by atoms with Crippen LogP contribution in [-0.2, 0) is 21.2 Å². The number of nitrogens with one attached hydrogen (secondary N) is 2. The van der Waals surface area contributed by atoms with Gasteiger partial charge in [-0.15, -0.1) is 0 Å². The van der Waals surface area contributed by atoms with Gasteiger partial charge in [-0.2, -0.15) is 5.26 Å². The number of nitrogens with zero attached hydrogens (tertiary/aromatic N) is 1. The molecule has 0 bridgehead atoms. The minimum atomic E-state index is -3.72. The number of nitriles is 1. The highest BCUT2D eigenvalue weighted by Gasteiger charge is 2.11. The van der Waals surface area contributed by atoms with E-state index >= 15 is 0 Å². The third kappa shape index (κ3) is 6.25. The Morgan fingerprint density at radius 1 is 1.18 bits per heavy atom. The second-order valence-electron chi connectivity index (χ2n) is 5.64. The molecule has 146 valence electrons. The second kappa shape index (κ2) is 9.57. The van der Waals surface area contributed by atoms with Crippen molar-refractivity contribution in [3.63, 3.8) is 0 Å². The van der Waals surface area contributed by atoms with E-state index in [1.807, 2.05) is 6.07 Å². The van der Waals surface area contributed by atoms with E-state index in [0.29, 0.717) is 23.7 Å². The molecular weight excluding hydrogens is 423 g/mol. The average Bonchev–Trinajstić information content (AvgIpc) is 2.63. The van der Waals surface area contributed by atoms with Crippen molar-refractivity contribution in [1.29, 1.82) is 5.26 Å². The number of primary sulfonamides is 1. The fraction of sp³-hybridized carbons (Fsp3) is 0.111. The van der Waals surface area contributed by atoms with Gasteiger partial charge in [0.25, 0.3) is 5.91 Å². The number of nitrogens with two attached hydrogens (primary N) is 1. The number of benzene rings is 2. The molecule has 0 saturated heterocycles. The molecule has 0 aliphatic rings. The molecule has 0 heterocycles. The Hall–Kier alpha value is -2.57. The van der Waals surface area contributed by atoms with Crippen molar-refractivity contribution < 1.29 is 13.2 Å². The molecule has 2 aromatic carbocycles. The van der Waals surface area contributed by atoms with E-state index in [4.69, 9.17) is 33.6 Å². The maximum atomic E-state index is 12.2. The first-order valence-corrected chi connectivity index (χ1v) is 10.2. The monoisotopic (exact) mass is 438 g/mol. The molecule has 2 aromatic rings.